The molecule has 0 bridgehead atoms. The molecule has 0 spiro atoms. The molecule has 2 atom stereocenters. The number of thioether (sulfide) groups is 2. The third kappa shape index (κ3) is 9.46. The smallest absolute Gasteiger partial charge is 0.0584 e. The molecule has 0 saturated carbocycles. The molecular formula is C12H22N2O4S2-2. The fourth-order valence-electron chi connectivity index (χ4n) is 1.57. The van der Waals surface area contributed by atoms with Gasteiger partial charge in [-0.3, -0.25) is 0 Å². The molecule has 8 heteroatoms. The van der Waals surface area contributed by atoms with E-state index in [1.165, 1.54) is 0 Å². The summed E-state index contributed by atoms with van der Waals surface area (Å²) in [5.41, 5.74) is 0. The number of carbonyl (C=O) groups is 2. The lowest BCUT2D eigenvalue weighted by atomic mass is 10.2. The second-order valence-electron chi connectivity index (χ2n) is 4.21. The number of carboxylic acids is 2. The number of nitrogens with one attached hydrogen (secondary N) is 2. The predicted molar refractivity (Wildman–Crippen MR) is 79.6 cm³/mol. The highest BCUT2D eigenvalue weighted by Crippen LogP contribution is 2.01. The minimum atomic E-state index is -1.13. The van der Waals surface area contributed by atoms with Gasteiger partial charge in [-0.2, -0.15) is 23.5 Å². The number of aliphatic carboxylic acids is 2. The summed E-state index contributed by atoms with van der Waals surface area (Å²) in [6.45, 7) is 0.742. The van der Waals surface area contributed by atoms with Gasteiger partial charge in [-0.15, -0.1) is 0 Å². The van der Waals surface area contributed by atoms with Gasteiger partial charge in [-0.1, -0.05) is 0 Å². The molecule has 0 rings (SSSR count). The maximum absolute atomic E-state index is 10.9. The van der Waals surface area contributed by atoms with Gasteiger partial charge in [-0.05, 0) is 36.9 Å². The van der Waals surface area contributed by atoms with Crippen LogP contribution in [0.2, 0.25) is 0 Å². The Kier molecular flexibility index (Phi) is 12.0. The van der Waals surface area contributed by atoms with E-state index in [2.05, 4.69) is 10.6 Å². The van der Waals surface area contributed by atoms with Gasteiger partial charge in [0, 0.05) is 25.2 Å². The average Bonchev–Trinajstić information content (AvgIpc) is 2.40. The van der Waals surface area contributed by atoms with Crippen molar-refractivity contribution in [1.82, 2.24) is 10.6 Å². The van der Waals surface area contributed by atoms with Crippen molar-refractivity contribution in [3.8, 4) is 0 Å². The van der Waals surface area contributed by atoms with Crippen molar-refractivity contribution in [2.24, 2.45) is 0 Å². The molecule has 0 fully saturated rings. The van der Waals surface area contributed by atoms with Crippen LogP contribution < -0.4 is 20.8 Å². The summed E-state index contributed by atoms with van der Waals surface area (Å²) < 4.78 is 0. The Labute approximate surface area is 128 Å². The molecule has 118 valence electrons. The van der Waals surface area contributed by atoms with E-state index in [-0.39, 0.29) is 0 Å². The minimum absolute atomic E-state index is 0.371. The van der Waals surface area contributed by atoms with Crippen LogP contribution in [0.3, 0.4) is 0 Å². The van der Waals surface area contributed by atoms with Crippen molar-refractivity contribution >= 4 is 35.5 Å². The van der Waals surface area contributed by atoms with Gasteiger partial charge in [0.1, 0.15) is 0 Å². The summed E-state index contributed by atoms with van der Waals surface area (Å²) in [7, 11) is 0. The van der Waals surface area contributed by atoms with E-state index in [0.717, 1.165) is 11.5 Å². The zero-order valence-electron chi connectivity index (χ0n) is 11.8. The first-order chi connectivity index (χ1) is 9.52. The van der Waals surface area contributed by atoms with Gasteiger partial charge in [-0.25, -0.2) is 0 Å². The van der Waals surface area contributed by atoms with E-state index in [9.17, 15) is 19.8 Å². The number of hydrogen-bond acceptors (Lipinski definition) is 8. The molecule has 20 heavy (non-hydrogen) atoms. The lowest BCUT2D eigenvalue weighted by molar-refractivity contribution is -0.310. The minimum Gasteiger partial charge on any atom is -0.548 e. The van der Waals surface area contributed by atoms with Gasteiger partial charge in [0.05, 0.1) is 11.9 Å². The van der Waals surface area contributed by atoms with Gasteiger partial charge >= 0.3 is 0 Å². The third-order valence-electron chi connectivity index (χ3n) is 2.70. The molecule has 0 saturated heterocycles. The molecule has 0 aromatic carbocycles. The summed E-state index contributed by atoms with van der Waals surface area (Å²) >= 11 is 3.14. The zero-order valence-corrected chi connectivity index (χ0v) is 13.5. The van der Waals surface area contributed by atoms with Gasteiger partial charge in [0.25, 0.3) is 0 Å². The van der Waals surface area contributed by atoms with E-state index in [1.807, 2.05) is 12.5 Å². The maximum Gasteiger partial charge on any atom is 0.0584 e. The van der Waals surface area contributed by atoms with Crippen LogP contribution in [-0.4, -0.2) is 61.1 Å². The highest BCUT2D eigenvalue weighted by atomic mass is 32.2. The molecule has 0 aliphatic carbocycles. The Bertz CT molecular complexity index is 265. The highest BCUT2D eigenvalue weighted by molar-refractivity contribution is 7.98. The second-order valence-corrected chi connectivity index (χ2v) is 6.19. The first kappa shape index (κ1) is 19.6. The van der Waals surface area contributed by atoms with E-state index < -0.39 is 24.0 Å². The fraction of sp³-hybridized carbons (Fsp3) is 0.833. The van der Waals surface area contributed by atoms with Crippen molar-refractivity contribution in [2.75, 3.05) is 37.1 Å². The van der Waals surface area contributed by atoms with Crippen LogP contribution in [0.15, 0.2) is 0 Å². The second kappa shape index (κ2) is 12.3. The Morgan fingerprint density at radius 2 is 1.25 bits per heavy atom. The molecule has 2 N–H and O–H groups in total. The summed E-state index contributed by atoms with van der Waals surface area (Å²) in [6, 6.07) is -1.39. The average molecular weight is 322 g/mol. The molecule has 0 aliphatic heterocycles. The lowest BCUT2D eigenvalue weighted by Crippen LogP contribution is -2.50. The molecule has 6 nitrogen and oxygen atoms in total. The third-order valence-corrected chi connectivity index (χ3v) is 3.98. The first-order valence-corrected chi connectivity index (χ1v) is 9.18. The van der Waals surface area contributed by atoms with Crippen LogP contribution in [0, 0.1) is 0 Å². The van der Waals surface area contributed by atoms with E-state index in [1.54, 1.807) is 23.5 Å². The van der Waals surface area contributed by atoms with Crippen LogP contribution in [0.1, 0.15) is 12.8 Å². The number of rotatable bonds is 13. The summed E-state index contributed by atoms with van der Waals surface area (Å²) in [6.07, 6.45) is 4.79. The van der Waals surface area contributed by atoms with Crippen molar-refractivity contribution < 1.29 is 19.8 Å². The number of hydrogen-bond donors (Lipinski definition) is 2. The topological polar surface area (TPSA) is 104 Å². The lowest BCUT2D eigenvalue weighted by Gasteiger charge is -2.22. The van der Waals surface area contributed by atoms with Crippen molar-refractivity contribution in [3.05, 3.63) is 0 Å². The molecule has 0 aromatic heterocycles. The molecule has 0 unspecified atom stereocenters. The quantitative estimate of drug-likeness (QED) is 0.372. The van der Waals surface area contributed by atoms with E-state index in [0.29, 0.717) is 25.9 Å². The Balaban J connectivity index is 3.94. The van der Waals surface area contributed by atoms with Crippen LogP contribution in [0.25, 0.3) is 0 Å². The number of carboxylic acid groups (broad SMARTS) is 2. The first-order valence-electron chi connectivity index (χ1n) is 6.39. The standard InChI is InChI=1S/C12H24N2O4S2/c1-19-7-3-9(11(15)16)13-5-6-14-10(12(17)18)4-8-20-2/h9-10,13-14H,3-8H2,1-2H3,(H,15,16)(H,17,18)/p-2/t9-,10-/m1/s1. The van der Waals surface area contributed by atoms with Gasteiger partial charge in [0.15, 0.2) is 0 Å². The van der Waals surface area contributed by atoms with Crippen LogP contribution >= 0.6 is 23.5 Å². The molecule has 0 aromatic rings. The fourth-order valence-corrected chi connectivity index (χ4v) is 2.51. The van der Waals surface area contributed by atoms with Gasteiger partial charge < -0.3 is 30.4 Å². The summed E-state index contributed by atoms with van der Waals surface area (Å²) in [4.78, 5) is 21.7. The summed E-state index contributed by atoms with van der Waals surface area (Å²) in [5, 5.41) is 27.4. The van der Waals surface area contributed by atoms with Gasteiger partial charge in [0.2, 0.25) is 0 Å². The Morgan fingerprint density at radius 3 is 1.50 bits per heavy atom. The molecule has 0 heterocycles. The molecule has 0 aliphatic rings. The Morgan fingerprint density at radius 1 is 0.900 bits per heavy atom. The SMILES string of the molecule is CSCC[C@@H](NCCN[C@H](CCSC)C(=O)[O-])C(=O)[O-]. The van der Waals surface area contributed by atoms with Crippen molar-refractivity contribution in [1.29, 1.82) is 0 Å². The predicted octanol–water partition coefficient (Wildman–Crippen LogP) is -2.09. The van der Waals surface area contributed by atoms with Crippen molar-refractivity contribution in [3.63, 3.8) is 0 Å². The van der Waals surface area contributed by atoms with Crippen molar-refractivity contribution in [2.45, 2.75) is 24.9 Å². The normalized spacial score (nSPS) is 13.9. The maximum atomic E-state index is 10.9. The Hall–Kier alpha value is -0.440. The molecule has 0 radical (unpaired) electrons. The molecule has 0 amide bonds. The largest absolute Gasteiger partial charge is 0.548 e. The van der Waals surface area contributed by atoms with Crippen LogP contribution in [0.4, 0.5) is 0 Å². The summed E-state index contributed by atoms with van der Waals surface area (Å²) in [5.74, 6) is -0.793. The zero-order chi connectivity index (χ0) is 15.4. The highest BCUT2D eigenvalue weighted by Gasteiger charge is 2.10. The van der Waals surface area contributed by atoms with Crippen LogP contribution in [-0.2, 0) is 9.59 Å². The van der Waals surface area contributed by atoms with E-state index in [4.69, 9.17) is 0 Å². The van der Waals surface area contributed by atoms with E-state index >= 15 is 0 Å². The monoisotopic (exact) mass is 322 g/mol. The van der Waals surface area contributed by atoms with Crippen LogP contribution in [0.5, 0.6) is 0 Å². The molecular weight excluding hydrogens is 300 g/mol. The number of carbonyl (C=O) groups excluding carboxylic acids is 2.